The molecule has 1 saturated heterocycles. The van der Waals surface area contributed by atoms with Crippen LogP contribution in [0.4, 0.5) is 19.0 Å². The number of halogens is 3. The lowest BCUT2D eigenvalue weighted by Crippen LogP contribution is -2.50. The zero-order valence-corrected chi connectivity index (χ0v) is 16.4. The second-order valence-corrected chi connectivity index (χ2v) is 9.30. The second-order valence-electron chi connectivity index (χ2n) is 7.37. The van der Waals surface area contributed by atoms with Gasteiger partial charge >= 0.3 is 6.18 Å². The minimum absolute atomic E-state index is 0.348. The monoisotopic (exact) mass is 406 g/mol. The minimum Gasteiger partial charge on any atom is -0.356 e. The van der Waals surface area contributed by atoms with Gasteiger partial charge in [0.05, 0.1) is 6.26 Å². The molecule has 0 atom stereocenters. The summed E-state index contributed by atoms with van der Waals surface area (Å²) in [5.74, 6) is 1.57. The van der Waals surface area contributed by atoms with Crippen LogP contribution in [-0.4, -0.2) is 60.8 Å². The van der Waals surface area contributed by atoms with Crippen molar-refractivity contribution in [3.63, 3.8) is 0 Å². The highest BCUT2D eigenvalue weighted by atomic mass is 32.2. The van der Waals surface area contributed by atoms with E-state index in [1.807, 2.05) is 6.92 Å². The Kier molecular flexibility index (Phi) is 5.67. The van der Waals surface area contributed by atoms with Crippen molar-refractivity contribution < 1.29 is 21.6 Å². The van der Waals surface area contributed by atoms with Gasteiger partial charge in [-0.15, -0.1) is 0 Å². The Morgan fingerprint density at radius 2 is 1.78 bits per heavy atom. The topological polar surface area (TPSA) is 66.4 Å². The third-order valence-electron chi connectivity index (χ3n) is 5.21. The molecule has 27 heavy (non-hydrogen) atoms. The first-order valence-electron chi connectivity index (χ1n) is 9.19. The van der Waals surface area contributed by atoms with E-state index in [2.05, 4.69) is 14.9 Å². The molecule has 1 aliphatic carbocycles. The maximum absolute atomic E-state index is 12.8. The molecule has 0 unspecified atom stereocenters. The van der Waals surface area contributed by atoms with Gasteiger partial charge in [-0.25, -0.2) is 18.4 Å². The van der Waals surface area contributed by atoms with Crippen molar-refractivity contribution in [2.75, 3.05) is 30.8 Å². The highest BCUT2D eigenvalue weighted by molar-refractivity contribution is 7.88. The number of aryl methyl sites for hydroxylation is 2. The van der Waals surface area contributed by atoms with Crippen LogP contribution in [0.2, 0.25) is 0 Å². The Hall–Kier alpha value is -1.42. The number of aromatic nitrogens is 2. The van der Waals surface area contributed by atoms with Crippen LogP contribution >= 0.6 is 0 Å². The van der Waals surface area contributed by atoms with Gasteiger partial charge in [-0.3, -0.25) is 0 Å². The summed E-state index contributed by atoms with van der Waals surface area (Å²) in [6, 6.07) is -0.642. The van der Waals surface area contributed by atoms with Crippen LogP contribution in [0, 0.1) is 6.92 Å². The van der Waals surface area contributed by atoms with E-state index in [1.165, 1.54) is 0 Å². The van der Waals surface area contributed by atoms with Crippen LogP contribution < -0.4 is 4.90 Å². The minimum atomic E-state index is -4.55. The van der Waals surface area contributed by atoms with Crippen molar-refractivity contribution in [2.45, 2.75) is 57.7 Å². The summed E-state index contributed by atoms with van der Waals surface area (Å²) >= 11 is 0. The van der Waals surface area contributed by atoms with E-state index in [4.69, 9.17) is 0 Å². The lowest BCUT2D eigenvalue weighted by atomic mass is 9.95. The molecule has 1 aromatic heterocycles. The number of hydrogen-bond acceptors (Lipinski definition) is 5. The molecule has 3 rings (SSSR count). The summed E-state index contributed by atoms with van der Waals surface area (Å²) in [6.07, 6.45) is 1.01. The normalized spacial score (nSPS) is 19.4. The second kappa shape index (κ2) is 7.54. The maximum Gasteiger partial charge on any atom is 0.402 e. The van der Waals surface area contributed by atoms with Gasteiger partial charge in [-0.2, -0.15) is 17.5 Å². The van der Waals surface area contributed by atoms with Crippen molar-refractivity contribution in [3.8, 4) is 0 Å². The standard InChI is InChI=1S/C17H25F3N4O2S/c1-12-21-15-6-4-3-5-14(15)16(22-12)23-9-7-13(8-10-23)24(27(2,25)26)11-17(18,19)20/h13H,3-11H2,1-2H3. The molecule has 10 heteroatoms. The zero-order valence-electron chi connectivity index (χ0n) is 15.6. The lowest BCUT2D eigenvalue weighted by molar-refractivity contribution is -0.139. The molecule has 2 aliphatic rings. The molecule has 0 N–H and O–H groups in total. The summed E-state index contributed by atoms with van der Waals surface area (Å²) in [4.78, 5) is 11.2. The van der Waals surface area contributed by atoms with Crippen LogP contribution in [0.1, 0.15) is 42.8 Å². The number of anilines is 1. The summed E-state index contributed by atoms with van der Waals surface area (Å²) in [5.41, 5.74) is 2.21. The third kappa shape index (κ3) is 4.90. The van der Waals surface area contributed by atoms with Gasteiger partial charge in [0.15, 0.2) is 0 Å². The molecule has 6 nitrogen and oxygen atoms in total. The summed E-state index contributed by atoms with van der Waals surface area (Å²) in [6.45, 7) is 1.38. The van der Waals surface area contributed by atoms with Crippen molar-refractivity contribution >= 4 is 15.8 Å². The van der Waals surface area contributed by atoms with Gasteiger partial charge in [0.25, 0.3) is 0 Å². The first kappa shape index (κ1) is 20.3. The summed E-state index contributed by atoms with van der Waals surface area (Å²) < 4.78 is 62.9. The van der Waals surface area contributed by atoms with Crippen molar-refractivity contribution in [1.29, 1.82) is 0 Å². The van der Waals surface area contributed by atoms with E-state index in [0.29, 0.717) is 36.1 Å². The van der Waals surface area contributed by atoms with Crippen molar-refractivity contribution in [2.24, 2.45) is 0 Å². The molecule has 0 bridgehead atoms. The maximum atomic E-state index is 12.8. The van der Waals surface area contributed by atoms with Gasteiger partial charge in [0, 0.05) is 30.4 Å². The molecule has 1 fully saturated rings. The van der Waals surface area contributed by atoms with E-state index in [-0.39, 0.29) is 0 Å². The smallest absolute Gasteiger partial charge is 0.356 e. The summed E-state index contributed by atoms with van der Waals surface area (Å²) in [5, 5.41) is 0. The molecule has 152 valence electrons. The molecule has 0 radical (unpaired) electrons. The number of fused-ring (bicyclic) bond motifs is 1. The molecule has 0 spiro atoms. The van der Waals surface area contributed by atoms with E-state index in [0.717, 1.165) is 49.0 Å². The number of nitrogens with zero attached hydrogens (tertiary/aromatic N) is 4. The lowest BCUT2D eigenvalue weighted by Gasteiger charge is -2.39. The predicted molar refractivity (Wildman–Crippen MR) is 96.3 cm³/mol. The Labute approximate surface area is 157 Å². The van der Waals surface area contributed by atoms with Crippen LogP contribution in [0.15, 0.2) is 0 Å². The quantitative estimate of drug-likeness (QED) is 0.769. The molecule has 0 amide bonds. The zero-order chi connectivity index (χ0) is 19.8. The molecule has 0 saturated carbocycles. The van der Waals surface area contributed by atoms with E-state index < -0.39 is 28.8 Å². The first-order valence-corrected chi connectivity index (χ1v) is 11.0. The molecular formula is C17H25F3N4O2S. The number of hydrogen-bond donors (Lipinski definition) is 0. The third-order valence-corrected chi connectivity index (χ3v) is 6.48. The Bertz CT molecular complexity index is 790. The van der Waals surface area contributed by atoms with Crippen molar-refractivity contribution in [3.05, 3.63) is 17.1 Å². The average molecular weight is 406 g/mol. The van der Waals surface area contributed by atoms with Crippen LogP contribution in [0.3, 0.4) is 0 Å². The van der Waals surface area contributed by atoms with E-state index >= 15 is 0 Å². The predicted octanol–water partition coefficient (Wildman–Crippen LogP) is 2.46. The fourth-order valence-electron chi connectivity index (χ4n) is 4.02. The highest BCUT2D eigenvalue weighted by Crippen LogP contribution is 2.31. The van der Waals surface area contributed by atoms with Gasteiger partial charge < -0.3 is 4.90 Å². The number of alkyl halides is 3. The largest absolute Gasteiger partial charge is 0.402 e. The molecule has 2 heterocycles. The fraction of sp³-hybridized carbons (Fsp3) is 0.765. The molecular weight excluding hydrogens is 381 g/mol. The number of sulfonamides is 1. The highest BCUT2D eigenvalue weighted by Gasteiger charge is 2.39. The molecule has 1 aliphatic heterocycles. The Morgan fingerprint density at radius 3 is 2.37 bits per heavy atom. The van der Waals surface area contributed by atoms with Crippen LogP contribution in [0.25, 0.3) is 0 Å². The molecule has 1 aromatic rings. The SMILES string of the molecule is Cc1nc2c(c(N3CCC(N(CC(F)(F)F)S(C)(=O)=O)CC3)n1)CCCC2. The Morgan fingerprint density at radius 1 is 1.15 bits per heavy atom. The van der Waals surface area contributed by atoms with E-state index in [9.17, 15) is 21.6 Å². The van der Waals surface area contributed by atoms with Crippen LogP contribution in [-0.2, 0) is 22.9 Å². The number of rotatable bonds is 4. The number of piperidine rings is 1. The summed E-state index contributed by atoms with van der Waals surface area (Å²) in [7, 11) is -3.93. The van der Waals surface area contributed by atoms with Gasteiger partial charge in [-0.1, -0.05) is 0 Å². The van der Waals surface area contributed by atoms with Gasteiger partial charge in [0.1, 0.15) is 18.2 Å². The van der Waals surface area contributed by atoms with Gasteiger partial charge in [-0.05, 0) is 45.4 Å². The molecule has 0 aromatic carbocycles. The Balaban J connectivity index is 1.76. The van der Waals surface area contributed by atoms with Crippen LogP contribution in [0.5, 0.6) is 0 Å². The van der Waals surface area contributed by atoms with Gasteiger partial charge in [0.2, 0.25) is 10.0 Å². The van der Waals surface area contributed by atoms with Crippen molar-refractivity contribution in [1.82, 2.24) is 14.3 Å². The average Bonchev–Trinajstić information content (AvgIpc) is 2.57. The van der Waals surface area contributed by atoms with E-state index in [1.54, 1.807) is 0 Å². The first-order chi connectivity index (χ1) is 12.5. The fourth-order valence-corrected chi connectivity index (χ4v) is 5.15.